The van der Waals surface area contributed by atoms with Gasteiger partial charge in [-0.05, 0) is 18.9 Å². The molecular formula is C14H19N5. The van der Waals surface area contributed by atoms with Crippen LogP contribution in [0.25, 0.3) is 0 Å². The average Bonchev–Trinajstić information content (AvgIpc) is 2.46. The Bertz CT molecular complexity index is 500. The van der Waals surface area contributed by atoms with E-state index < -0.39 is 0 Å². The smallest absolute Gasteiger partial charge is 0.244 e. The molecule has 0 amide bonds. The zero-order valence-corrected chi connectivity index (χ0v) is 11.3. The van der Waals surface area contributed by atoms with E-state index in [1.807, 2.05) is 18.2 Å². The molecule has 0 aliphatic rings. The molecule has 0 radical (unpaired) electrons. The molecule has 2 rings (SSSR count). The predicted molar refractivity (Wildman–Crippen MR) is 77.1 cm³/mol. The number of nitrogens with one attached hydrogen (secondary N) is 2. The maximum atomic E-state index is 4.38. The van der Waals surface area contributed by atoms with Crippen molar-refractivity contribution in [2.45, 2.75) is 26.3 Å². The number of rotatable bonds is 6. The van der Waals surface area contributed by atoms with Crippen molar-refractivity contribution in [3.05, 3.63) is 42.1 Å². The lowest BCUT2D eigenvalue weighted by Crippen LogP contribution is -2.11. The lowest BCUT2D eigenvalue weighted by Gasteiger charge is -2.14. The van der Waals surface area contributed by atoms with Crippen molar-refractivity contribution in [1.29, 1.82) is 0 Å². The molecule has 0 spiro atoms. The molecule has 5 heteroatoms. The number of nitrogens with zero attached hydrogens (tertiary/aromatic N) is 3. The van der Waals surface area contributed by atoms with Gasteiger partial charge in [-0.1, -0.05) is 37.3 Å². The van der Waals surface area contributed by atoms with Gasteiger partial charge in [0, 0.05) is 12.6 Å². The molecule has 0 aliphatic heterocycles. The molecule has 1 atom stereocenters. The summed E-state index contributed by atoms with van der Waals surface area (Å²) >= 11 is 0. The Kier molecular flexibility index (Phi) is 4.66. The van der Waals surface area contributed by atoms with E-state index in [0.717, 1.165) is 18.8 Å². The van der Waals surface area contributed by atoms with Crippen molar-refractivity contribution in [2.24, 2.45) is 0 Å². The standard InChI is InChI=1S/C14H19N5/c1-3-9-15-14-18-13(10-16-19-14)17-11(2)12-7-5-4-6-8-12/h4-8,10-11H,3,9H2,1-2H3,(H2,15,17,18,19). The second kappa shape index (κ2) is 6.68. The van der Waals surface area contributed by atoms with Crippen LogP contribution in [0.5, 0.6) is 0 Å². The molecule has 0 fully saturated rings. The van der Waals surface area contributed by atoms with Gasteiger partial charge in [-0.15, -0.1) is 5.10 Å². The lowest BCUT2D eigenvalue weighted by atomic mass is 10.1. The second-order valence-corrected chi connectivity index (χ2v) is 4.37. The van der Waals surface area contributed by atoms with Gasteiger partial charge < -0.3 is 10.6 Å². The van der Waals surface area contributed by atoms with Gasteiger partial charge in [0.2, 0.25) is 5.95 Å². The summed E-state index contributed by atoms with van der Waals surface area (Å²) in [6.07, 6.45) is 2.66. The summed E-state index contributed by atoms with van der Waals surface area (Å²) in [6.45, 7) is 5.04. The summed E-state index contributed by atoms with van der Waals surface area (Å²) in [5.41, 5.74) is 1.21. The van der Waals surface area contributed by atoms with E-state index >= 15 is 0 Å². The number of hydrogen-bond acceptors (Lipinski definition) is 5. The maximum absolute atomic E-state index is 4.38. The fourth-order valence-corrected chi connectivity index (χ4v) is 1.73. The summed E-state index contributed by atoms with van der Waals surface area (Å²) in [6, 6.07) is 10.4. The van der Waals surface area contributed by atoms with E-state index in [1.165, 1.54) is 5.56 Å². The highest BCUT2D eigenvalue weighted by atomic mass is 15.3. The van der Waals surface area contributed by atoms with Gasteiger partial charge in [0.05, 0.1) is 6.20 Å². The fraction of sp³-hybridized carbons (Fsp3) is 0.357. The molecule has 1 unspecified atom stereocenters. The first-order chi connectivity index (χ1) is 9.29. The molecule has 0 saturated heterocycles. The van der Waals surface area contributed by atoms with Gasteiger partial charge in [0.25, 0.3) is 0 Å². The fourth-order valence-electron chi connectivity index (χ4n) is 1.73. The zero-order valence-electron chi connectivity index (χ0n) is 11.3. The third kappa shape index (κ3) is 3.91. The molecular weight excluding hydrogens is 238 g/mol. The quantitative estimate of drug-likeness (QED) is 0.833. The van der Waals surface area contributed by atoms with Gasteiger partial charge in [0.15, 0.2) is 5.82 Å². The van der Waals surface area contributed by atoms with Crippen LogP contribution in [-0.4, -0.2) is 21.7 Å². The average molecular weight is 257 g/mol. The first-order valence-electron chi connectivity index (χ1n) is 6.54. The first-order valence-corrected chi connectivity index (χ1v) is 6.54. The van der Waals surface area contributed by atoms with Crippen LogP contribution in [-0.2, 0) is 0 Å². The Morgan fingerprint density at radius 1 is 1.21 bits per heavy atom. The highest BCUT2D eigenvalue weighted by molar-refractivity contribution is 5.39. The van der Waals surface area contributed by atoms with E-state index in [9.17, 15) is 0 Å². The van der Waals surface area contributed by atoms with Crippen LogP contribution in [0.15, 0.2) is 36.5 Å². The van der Waals surface area contributed by atoms with E-state index in [4.69, 9.17) is 0 Å². The summed E-state index contributed by atoms with van der Waals surface area (Å²) in [4.78, 5) is 4.38. The van der Waals surface area contributed by atoms with Gasteiger partial charge in [-0.2, -0.15) is 10.1 Å². The van der Waals surface area contributed by atoms with Gasteiger partial charge >= 0.3 is 0 Å². The predicted octanol–water partition coefficient (Wildman–Crippen LogP) is 2.87. The molecule has 0 aliphatic carbocycles. The van der Waals surface area contributed by atoms with Crippen LogP contribution in [0.1, 0.15) is 31.9 Å². The Hall–Kier alpha value is -2.17. The highest BCUT2D eigenvalue weighted by Gasteiger charge is 2.06. The normalized spacial score (nSPS) is 11.9. The topological polar surface area (TPSA) is 62.7 Å². The SMILES string of the molecule is CCCNc1nncc(NC(C)c2ccccc2)n1. The Morgan fingerprint density at radius 3 is 2.74 bits per heavy atom. The van der Waals surface area contributed by atoms with Crippen LogP contribution in [0, 0.1) is 0 Å². The number of hydrogen-bond donors (Lipinski definition) is 2. The van der Waals surface area contributed by atoms with E-state index in [1.54, 1.807) is 6.20 Å². The second-order valence-electron chi connectivity index (χ2n) is 4.37. The minimum Gasteiger partial charge on any atom is -0.362 e. The summed E-state index contributed by atoms with van der Waals surface area (Å²) < 4.78 is 0. The highest BCUT2D eigenvalue weighted by Crippen LogP contribution is 2.17. The third-order valence-electron chi connectivity index (χ3n) is 2.76. The van der Waals surface area contributed by atoms with Crippen LogP contribution in [0.4, 0.5) is 11.8 Å². The summed E-state index contributed by atoms with van der Waals surface area (Å²) in [5.74, 6) is 1.29. The van der Waals surface area contributed by atoms with Crippen molar-refractivity contribution in [2.75, 3.05) is 17.2 Å². The molecule has 0 bridgehead atoms. The van der Waals surface area contributed by atoms with Crippen LogP contribution < -0.4 is 10.6 Å². The monoisotopic (exact) mass is 257 g/mol. The summed E-state index contributed by atoms with van der Waals surface area (Å²) in [7, 11) is 0. The molecule has 1 aromatic heterocycles. The zero-order chi connectivity index (χ0) is 13.5. The molecule has 100 valence electrons. The Balaban J connectivity index is 2.02. The minimum absolute atomic E-state index is 0.178. The van der Waals surface area contributed by atoms with E-state index in [-0.39, 0.29) is 6.04 Å². The van der Waals surface area contributed by atoms with Crippen molar-refractivity contribution in [3.8, 4) is 0 Å². The molecule has 19 heavy (non-hydrogen) atoms. The van der Waals surface area contributed by atoms with Gasteiger partial charge in [-0.3, -0.25) is 0 Å². The Labute approximate surface area is 113 Å². The van der Waals surface area contributed by atoms with Crippen molar-refractivity contribution >= 4 is 11.8 Å². The third-order valence-corrected chi connectivity index (χ3v) is 2.76. The van der Waals surface area contributed by atoms with Crippen LogP contribution >= 0.6 is 0 Å². The van der Waals surface area contributed by atoms with Crippen LogP contribution in [0.2, 0.25) is 0 Å². The van der Waals surface area contributed by atoms with Crippen molar-refractivity contribution in [3.63, 3.8) is 0 Å². The number of anilines is 2. The van der Waals surface area contributed by atoms with Crippen molar-refractivity contribution < 1.29 is 0 Å². The molecule has 1 aromatic carbocycles. The largest absolute Gasteiger partial charge is 0.362 e. The molecule has 2 aromatic rings. The van der Waals surface area contributed by atoms with E-state index in [2.05, 4.69) is 51.8 Å². The lowest BCUT2D eigenvalue weighted by molar-refractivity contribution is 0.853. The number of aromatic nitrogens is 3. The van der Waals surface area contributed by atoms with Crippen LogP contribution in [0.3, 0.4) is 0 Å². The van der Waals surface area contributed by atoms with Gasteiger partial charge in [0.1, 0.15) is 0 Å². The first kappa shape index (κ1) is 13.3. The molecule has 5 nitrogen and oxygen atoms in total. The van der Waals surface area contributed by atoms with Gasteiger partial charge in [-0.25, -0.2) is 0 Å². The molecule has 1 heterocycles. The molecule has 0 saturated carbocycles. The maximum Gasteiger partial charge on any atom is 0.244 e. The number of benzene rings is 1. The Morgan fingerprint density at radius 2 is 2.00 bits per heavy atom. The van der Waals surface area contributed by atoms with Crippen molar-refractivity contribution in [1.82, 2.24) is 15.2 Å². The summed E-state index contributed by atoms with van der Waals surface area (Å²) in [5, 5.41) is 14.3. The molecule has 2 N–H and O–H groups in total. The minimum atomic E-state index is 0.178. The van der Waals surface area contributed by atoms with E-state index in [0.29, 0.717) is 5.95 Å².